The van der Waals surface area contributed by atoms with Crippen LogP contribution in [0, 0.1) is 0 Å². The molecule has 0 bridgehead atoms. The Kier molecular flexibility index (Phi) is 4.18. The first-order valence-electron chi connectivity index (χ1n) is 6.64. The van der Waals surface area contributed by atoms with Crippen LogP contribution in [-0.4, -0.2) is 23.4 Å². The molecule has 1 fully saturated rings. The van der Waals surface area contributed by atoms with Gasteiger partial charge in [0.05, 0.1) is 0 Å². The molecule has 1 aromatic carbocycles. The highest BCUT2D eigenvalue weighted by Gasteiger charge is 2.25. The summed E-state index contributed by atoms with van der Waals surface area (Å²) in [5.41, 5.74) is 1.34. The first-order valence-corrected chi connectivity index (χ1v) is 6.64. The highest BCUT2D eigenvalue weighted by Crippen LogP contribution is 2.21. The summed E-state index contributed by atoms with van der Waals surface area (Å²) < 4.78 is 0. The Morgan fingerprint density at radius 3 is 2.76 bits per heavy atom. The van der Waals surface area contributed by atoms with E-state index in [1.54, 1.807) is 0 Å². The number of carbonyl (C=O) groups is 1. The SMILES string of the molecule is CCC(=O)N1CCCC[C@H]1Cc1ccccc1. The molecule has 0 aromatic heterocycles. The molecule has 0 radical (unpaired) electrons. The average Bonchev–Trinajstić information content (AvgIpc) is 2.40. The number of likely N-dealkylation sites (tertiary alicyclic amines) is 1. The van der Waals surface area contributed by atoms with Gasteiger partial charge in [-0.15, -0.1) is 0 Å². The van der Waals surface area contributed by atoms with Gasteiger partial charge in [-0.3, -0.25) is 4.79 Å². The quantitative estimate of drug-likeness (QED) is 0.783. The predicted molar refractivity (Wildman–Crippen MR) is 69.8 cm³/mol. The van der Waals surface area contributed by atoms with E-state index in [-0.39, 0.29) is 0 Å². The van der Waals surface area contributed by atoms with Crippen molar-refractivity contribution < 1.29 is 4.79 Å². The summed E-state index contributed by atoms with van der Waals surface area (Å²) in [6.07, 6.45) is 5.21. The lowest BCUT2D eigenvalue weighted by Crippen LogP contribution is -2.44. The van der Waals surface area contributed by atoms with E-state index in [2.05, 4.69) is 29.2 Å². The third kappa shape index (κ3) is 3.09. The van der Waals surface area contributed by atoms with Crippen LogP contribution in [0.1, 0.15) is 38.2 Å². The van der Waals surface area contributed by atoms with Crippen molar-refractivity contribution in [2.24, 2.45) is 0 Å². The largest absolute Gasteiger partial charge is 0.339 e. The number of hydrogen-bond acceptors (Lipinski definition) is 1. The molecule has 92 valence electrons. The molecule has 2 rings (SSSR count). The fourth-order valence-electron chi connectivity index (χ4n) is 2.63. The fourth-order valence-corrected chi connectivity index (χ4v) is 2.63. The zero-order valence-electron chi connectivity index (χ0n) is 10.6. The maximum absolute atomic E-state index is 11.9. The number of benzene rings is 1. The molecule has 1 atom stereocenters. The molecule has 0 saturated carbocycles. The number of nitrogens with zero attached hydrogens (tertiary/aromatic N) is 1. The minimum atomic E-state index is 0.311. The van der Waals surface area contributed by atoms with Crippen LogP contribution in [0.25, 0.3) is 0 Å². The van der Waals surface area contributed by atoms with E-state index < -0.39 is 0 Å². The van der Waals surface area contributed by atoms with Crippen molar-refractivity contribution in [2.75, 3.05) is 6.54 Å². The zero-order valence-corrected chi connectivity index (χ0v) is 10.6. The van der Waals surface area contributed by atoms with Crippen LogP contribution < -0.4 is 0 Å². The summed E-state index contributed by atoms with van der Waals surface area (Å²) in [6, 6.07) is 10.9. The van der Waals surface area contributed by atoms with Crippen molar-refractivity contribution in [2.45, 2.75) is 45.1 Å². The van der Waals surface area contributed by atoms with Gasteiger partial charge in [-0.25, -0.2) is 0 Å². The molecule has 0 aliphatic carbocycles. The van der Waals surface area contributed by atoms with Gasteiger partial charge < -0.3 is 4.90 Å². The van der Waals surface area contributed by atoms with Crippen LogP contribution in [0.3, 0.4) is 0 Å². The third-order valence-corrected chi connectivity index (χ3v) is 3.56. The molecule has 0 N–H and O–H groups in total. The topological polar surface area (TPSA) is 20.3 Å². The van der Waals surface area contributed by atoms with E-state index in [0.29, 0.717) is 18.4 Å². The van der Waals surface area contributed by atoms with Gasteiger partial charge in [0.1, 0.15) is 0 Å². The normalized spacial score (nSPS) is 20.3. The Bertz CT molecular complexity index is 360. The van der Waals surface area contributed by atoms with Crippen molar-refractivity contribution in [3.05, 3.63) is 35.9 Å². The van der Waals surface area contributed by atoms with Gasteiger partial charge >= 0.3 is 0 Å². The second-order valence-electron chi connectivity index (χ2n) is 4.78. The smallest absolute Gasteiger partial charge is 0.222 e. The molecule has 1 heterocycles. The van der Waals surface area contributed by atoms with Gasteiger partial charge in [-0.1, -0.05) is 37.3 Å². The summed E-state index contributed by atoms with van der Waals surface area (Å²) in [5, 5.41) is 0. The van der Waals surface area contributed by atoms with Crippen LogP contribution in [0.5, 0.6) is 0 Å². The Morgan fingerprint density at radius 1 is 1.29 bits per heavy atom. The van der Waals surface area contributed by atoms with E-state index in [1.165, 1.54) is 12.0 Å². The van der Waals surface area contributed by atoms with Gasteiger partial charge in [-0.05, 0) is 31.2 Å². The monoisotopic (exact) mass is 231 g/mol. The van der Waals surface area contributed by atoms with Gasteiger partial charge in [-0.2, -0.15) is 0 Å². The molecule has 2 heteroatoms. The van der Waals surface area contributed by atoms with E-state index in [1.807, 2.05) is 13.0 Å². The van der Waals surface area contributed by atoms with E-state index >= 15 is 0 Å². The van der Waals surface area contributed by atoms with Crippen LogP contribution in [0.15, 0.2) is 30.3 Å². The van der Waals surface area contributed by atoms with Gasteiger partial charge in [0.2, 0.25) is 5.91 Å². The fraction of sp³-hybridized carbons (Fsp3) is 0.533. The molecule has 2 nitrogen and oxygen atoms in total. The first-order chi connectivity index (χ1) is 8.31. The standard InChI is InChI=1S/C15H21NO/c1-2-15(17)16-11-7-6-10-14(16)12-13-8-4-3-5-9-13/h3-5,8-9,14H,2,6-7,10-12H2,1H3/t14-/m0/s1. The van der Waals surface area contributed by atoms with Crippen LogP contribution in [0.4, 0.5) is 0 Å². The Morgan fingerprint density at radius 2 is 2.06 bits per heavy atom. The minimum Gasteiger partial charge on any atom is -0.339 e. The Balaban J connectivity index is 2.04. The second-order valence-corrected chi connectivity index (χ2v) is 4.78. The van der Waals surface area contributed by atoms with Crippen LogP contribution in [-0.2, 0) is 11.2 Å². The molecule has 1 amide bonds. The third-order valence-electron chi connectivity index (χ3n) is 3.56. The molecule has 1 aromatic rings. The number of rotatable bonds is 3. The van der Waals surface area contributed by atoms with E-state index in [0.717, 1.165) is 25.8 Å². The molecule has 0 unspecified atom stereocenters. The molecule has 1 aliphatic rings. The first kappa shape index (κ1) is 12.2. The van der Waals surface area contributed by atoms with Crippen molar-refractivity contribution >= 4 is 5.91 Å². The number of hydrogen-bond donors (Lipinski definition) is 0. The highest BCUT2D eigenvalue weighted by atomic mass is 16.2. The Hall–Kier alpha value is -1.31. The van der Waals surface area contributed by atoms with Crippen LogP contribution in [0.2, 0.25) is 0 Å². The summed E-state index contributed by atoms with van der Waals surface area (Å²) in [5.74, 6) is 0.311. The van der Waals surface area contributed by atoms with Crippen molar-refractivity contribution in [3.63, 3.8) is 0 Å². The lowest BCUT2D eigenvalue weighted by Gasteiger charge is -2.36. The van der Waals surface area contributed by atoms with E-state index in [4.69, 9.17) is 0 Å². The molecular weight excluding hydrogens is 210 g/mol. The van der Waals surface area contributed by atoms with Gasteiger partial charge in [0.25, 0.3) is 0 Å². The molecule has 1 saturated heterocycles. The van der Waals surface area contributed by atoms with E-state index in [9.17, 15) is 4.79 Å². The summed E-state index contributed by atoms with van der Waals surface area (Å²) in [7, 11) is 0. The predicted octanol–water partition coefficient (Wildman–Crippen LogP) is 3.02. The lowest BCUT2D eigenvalue weighted by molar-refractivity contribution is -0.134. The average molecular weight is 231 g/mol. The van der Waals surface area contributed by atoms with Crippen molar-refractivity contribution in [1.82, 2.24) is 4.90 Å². The number of carbonyl (C=O) groups excluding carboxylic acids is 1. The summed E-state index contributed by atoms with van der Waals surface area (Å²) >= 11 is 0. The zero-order chi connectivity index (χ0) is 12.1. The summed E-state index contributed by atoms with van der Waals surface area (Å²) in [4.78, 5) is 14.0. The Labute approximate surface area is 104 Å². The summed E-state index contributed by atoms with van der Waals surface area (Å²) in [6.45, 7) is 2.90. The minimum absolute atomic E-state index is 0.311. The highest BCUT2D eigenvalue weighted by molar-refractivity contribution is 5.76. The van der Waals surface area contributed by atoms with Gasteiger partial charge in [0.15, 0.2) is 0 Å². The van der Waals surface area contributed by atoms with Crippen LogP contribution >= 0.6 is 0 Å². The molecule has 1 aliphatic heterocycles. The number of amides is 1. The number of piperidine rings is 1. The lowest BCUT2D eigenvalue weighted by atomic mass is 9.95. The molecule has 0 spiro atoms. The molecular formula is C15H21NO. The second kappa shape index (κ2) is 5.85. The maximum Gasteiger partial charge on any atom is 0.222 e. The maximum atomic E-state index is 11.9. The van der Waals surface area contributed by atoms with Gasteiger partial charge in [0, 0.05) is 19.0 Å². The van der Waals surface area contributed by atoms with Crippen molar-refractivity contribution in [3.8, 4) is 0 Å². The van der Waals surface area contributed by atoms with Crippen molar-refractivity contribution in [1.29, 1.82) is 0 Å². The molecule has 17 heavy (non-hydrogen) atoms.